The Hall–Kier alpha value is -1.04. The molecule has 0 N–H and O–H groups in total. The summed E-state index contributed by atoms with van der Waals surface area (Å²) < 4.78 is 37.0. The van der Waals surface area contributed by atoms with E-state index in [9.17, 15) is 18.0 Å². The van der Waals surface area contributed by atoms with Crippen LogP contribution in [0.25, 0.3) is 0 Å². The highest BCUT2D eigenvalue weighted by Gasteiger charge is 2.32. The molecule has 0 saturated heterocycles. The molecule has 0 atom stereocenters. The molecule has 0 radical (unpaired) electrons. The van der Waals surface area contributed by atoms with Gasteiger partial charge in [-0.05, 0) is 19.9 Å². The fraction of sp³-hybridized carbons (Fsp3) is 0.500. The number of carbonyl (C=O) groups excluding carboxylic acids is 1. The lowest BCUT2D eigenvalue weighted by molar-refractivity contribution is -0.120. The van der Waals surface area contributed by atoms with Gasteiger partial charge < -0.3 is 4.90 Å². The molecule has 0 aliphatic rings. The molecule has 1 aromatic rings. The molecule has 1 heterocycles. The van der Waals surface area contributed by atoms with Crippen molar-refractivity contribution in [2.24, 2.45) is 0 Å². The number of hydrogen-bond acceptors (Lipinski definition) is 3. The van der Waals surface area contributed by atoms with Crippen LogP contribution < -0.4 is 4.90 Å². The van der Waals surface area contributed by atoms with Gasteiger partial charge in [0.1, 0.15) is 6.54 Å². The van der Waals surface area contributed by atoms with Gasteiger partial charge in [-0.2, -0.15) is 13.2 Å². The fourth-order valence-corrected chi connectivity index (χ4v) is 2.02. The quantitative estimate of drug-likeness (QED) is 0.765. The molecule has 0 amide bonds. The third-order valence-electron chi connectivity index (χ3n) is 2.03. The lowest BCUT2D eigenvalue weighted by Crippen LogP contribution is -2.38. The highest BCUT2D eigenvalue weighted by molar-refractivity contribution is 7.12. The number of anilines is 1. The van der Waals surface area contributed by atoms with Gasteiger partial charge in [0.05, 0.1) is 4.88 Å². The van der Waals surface area contributed by atoms with Crippen LogP contribution in [0.2, 0.25) is 0 Å². The van der Waals surface area contributed by atoms with Gasteiger partial charge in [-0.1, -0.05) is 0 Å². The summed E-state index contributed by atoms with van der Waals surface area (Å²) in [7, 11) is 0. The zero-order valence-electron chi connectivity index (χ0n) is 8.91. The molecule has 16 heavy (non-hydrogen) atoms. The van der Waals surface area contributed by atoms with Crippen LogP contribution in [0.4, 0.5) is 18.9 Å². The number of nitrogens with zero attached hydrogens (tertiary/aromatic N) is 1. The van der Waals surface area contributed by atoms with E-state index in [0.29, 0.717) is 16.9 Å². The number of hydrogen-bond donors (Lipinski definition) is 0. The van der Waals surface area contributed by atoms with E-state index in [1.54, 1.807) is 19.2 Å². The first-order chi connectivity index (χ1) is 7.33. The van der Waals surface area contributed by atoms with Crippen LogP contribution in [0.15, 0.2) is 11.4 Å². The molecule has 1 aromatic heterocycles. The van der Waals surface area contributed by atoms with Crippen LogP contribution in [0.5, 0.6) is 0 Å². The first-order valence-corrected chi connectivity index (χ1v) is 5.58. The van der Waals surface area contributed by atoms with Gasteiger partial charge >= 0.3 is 6.18 Å². The Labute approximate surface area is 95.7 Å². The van der Waals surface area contributed by atoms with Crippen molar-refractivity contribution >= 4 is 23.3 Å². The molecule has 6 heteroatoms. The molecular weight excluding hydrogens is 239 g/mol. The Morgan fingerprint density at radius 2 is 2.12 bits per heavy atom. The molecule has 1 rings (SSSR count). The largest absolute Gasteiger partial charge is 0.405 e. The maximum Gasteiger partial charge on any atom is 0.405 e. The molecule has 0 aromatic carbocycles. The predicted octanol–water partition coefficient (Wildman–Crippen LogP) is 3.34. The number of alkyl halides is 3. The zero-order chi connectivity index (χ0) is 12.3. The van der Waals surface area contributed by atoms with Gasteiger partial charge in [-0.15, -0.1) is 11.3 Å². The van der Waals surface area contributed by atoms with Crippen LogP contribution in [0.3, 0.4) is 0 Å². The van der Waals surface area contributed by atoms with Crippen molar-refractivity contribution in [3.63, 3.8) is 0 Å². The first kappa shape index (κ1) is 13.0. The van der Waals surface area contributed by atoms with E-state index in [0.717, 1.165) is 11.3 Å². The zero-order valence-corrected chi connectivity index (χ0v) is 9.73. The first-order valence-electron chi connectivity index (χ1n) is 4.70. The third-order valence-corrected chi connectivity index (χ3v) is 2.87. The summed E-state index contributed by atoms with van der Waals surface area (Å²) in [6, 6.07) is 1.21. The van der Waals surface area contributed by atoms with E-state index in [4.69, 9.17) is 0 Å². The molecule has 0 bridgehead atoms. The highest BCUT2D eigenvalue weighted by atomic mass is 32.1. The van der Waals surface area contributed by atoms with Crippen LogP contribution in [0, 0.1) is 0 Å². The standard InChI is InChI=1S/C10H12F3NOS/c1-7(2)14(6-10(11,12)13)8-3-9(4-15)16-5-8/h3-5,7H,6H2,1-2H3. The molecule has 0 unspecified atom stereocenters. The van der Waals surface area contributed by atoms with Crippen molar-refractivity contribution in [2.45, 2.75) is 26.1 Å². The van der Waals surface area contributed by atoms with Crippen LogP contribution in [-0.4, -0.2) is 25.0 Å². The number of thiophene rings is 1. The van der Waals surface area contributed by atoms with Gasteiger partial charge in [0.2, 0.25) is 0 Å². The van der Waals surface area contributed by atoms with E-state index in [2.05, 4.69) is 0 Å². The lowest BCUT2D eigenvalue weighted by Gasteiger charge is -2.28. The number of aldehydes is 1. The SMILES string of the molecule is CC(C)N(CC(F)(F)F)c1csc(C=O)c1. The van der Waals surface area contributed by atoms with E-state index in [-0.39, 0.29) is 6.04 Å². The number of carbonyl (C=O) groups is 1. The monoisotopic (exact) mass is 251 g/mol. The molecule has 0 spiro atoms. The minimum atomic E-state index is -4.24. The minimum absolute atomic E-state index is 0.268. The lowest BCUT2D eigenvalue weighted by atomic mass is 10.3. The van der Waals surface area contributed by atoms with Gasteiger partial charge in [0.25, 0.3) is 0 Å². The summed E-state index contributed by atoms with van der Waals surface area (Å²) >= 11 is 1.14. The Bertz CT molecular complexity index is 359. The summed E-state index contributed by atoms with van der Waals surface area (Å²) in [5.41, 5.74) is 0.444. The summed E-state index contributed by atoms with van der Waals surface area (Å²) in [5.74, 6) is 0. The Balaban J connectivity index is 2.89. The average Bonchev–Trinajstić information content (AvgIpc) is 2.60. The fourth-order valence-electron chi connectivity index (χ4n) is 1.32. The van der Waals surface area contributed by atoms with E-state index in [1.807, 2.05) is 0 Å². The van der Waals surface area contributed by atoms with Gasteiger partial charge in [0, 0.05) is 17.1 Å². The Morgan fingerprint density at radius 3 is 2.50 bits per heavy atom. The summed E-state index contributed by atoms with van der Waals surface area (Å²) in [6.07, 6.45) is -3.60. The van der Waals surface area contributed by atoms with E-state index in [1.165, 1.54) is 11.0 Å². The summed E-state index contributed by atoms with van der Waals surface area (Å²) in [6.45, 7) is 2.37. The average molecular weight is 251 g/mol. The van der Waals surface area contributed by atoms with E-state index < -0.39 is 12.7 Å². The van der Waals surface area contributed by atoms with Crippen molar-refractivity contribution in [3.8, 4) is 0 Å². The van der Waals surface area contributed by atoms with Crippen LogP contribution >= 0.6 is 11.3 Å². The van der Waals surface area contributed by atoms with Gasteiger partial charge in [0.15, 0.2) is 6.29 Å². The third kappa shape index (κ3) is 3.52. The molecule has 0 fully saturated rings. The van der Waals surface area contributed by atoms with Gasteiger partial charge in [-0.3, -0.25) is 4.79 Å². The van der Waals surface area contributed by atoms with Crippen molar-refractivity contribution in [2.75, 3.05) is 11.4 Å². The summed E-state index contributed by atoms with van der Waals surface area (Å²) in [4.78, 5) is 12.1. The molecule has 90 valence electrons. The molecule has 0 aliphatic carbocycles. The normalized spacial score (nSPS) is 11.9. The maximum absolute atomic E-state index is 12.3. The predicted molar refractivity (Wildman–Crippen MR) is 58.2 cm³/mol. The topological polar surface area (TPSA) is 20.3 Å². The van der Waals surface area contributed by atoms with Crippen molar-refractivity contribution < 1.29 is 18.0 Å². The summed E-state index contributed by atoms with van der Waals surface area (Å²) in [5, 5.41) is 1.56. The van der Waals surface area contributed by atoms with Crippen LogP contribution in [0.1, 0.15) is 23.5 Å². The molecular formula is C10H12F3NOS. The van der Waals surface area contributed by atoms with Crippen molar-refractivity contribution in [1.82, 2.24) is 0 Å². The Kier molecular flexibility index (Phi) is 3.96. The highest BCUT2D eigenvalue weighted by Crippen LogP contribution is 2.27. The second kappa shape index (κ2) is 4.86. The molecule has 0 aliphatic heterocycles. The van der Waals surface area contributed by atoms with E-state index >= 15 is 0 Å². The molecule has 2 nitrogen and oxygen atoms in total. The number of rotatable bonds is 4. The Morgan fingerprint density at radius 1 is 1.50 bits per heavy atom. The number of halogens is 3. The smallest absolute Gasteiger partial charge is 0.359 e. The van der Waals surface area contributed by atoms with Crippen LogP contribution in [-0.2, 0) is 0 Å². The van der Waals surface area contributed by atoms with Gasteiger partial charge in [-0.25, -0.2) is 0 Å². The maximum atomic E-state index is 12.3. The minimum Gasteiger partial charge on any atom is -0.359 e. The second-order valence-corrected chi connectivity index (χ2v) is 4.60. The second-order valence-electron chi connectivity index (χ2n) is 3.66. The van der Waals surface area contributed by atoms with Crippen molar-refractivity contribution in [1.29, 1.82) is 0 Å². The molecule has 0 saturated carbocycles. The van der Waals surface area contributed by atoms with Crippen molar-refractivity contribution in [3.05, 3.63) is 16.3 Å².